The van der Waals surface area contributed by atoms with E-state index in [1.807, 2.05) is 26.2 Å². The minimum absolute atomic E-state index is 0.0939. The van der Waals surface area contributed by atoms with Crippen molar-refractivity contribution in [1.29, 1.82) is 0 Å². The van der Waals surface area contributed by atoms with Crippen LogP contribution in [-0.2, 0) is 16.1 Å². The monoisotopic (exact) mass is 496 g/mol. The molecule has 0 atom stereocenters. The van der Waals surface area contributed by atoms with Crippen LogP contribution in [0, 0.1) is 5.92 Å². The number of ether oxygens (including phenoxy) is 4. The number of nitrogens with one attached hydrogen (secondary N) is 2. The van der Waals surface area contributed by atoms with Crippen LogP contribution in [-0.4, -0.2) is 90.9 Å². The number of hydrogen-bond acceptors (Lipinski definition) is 9. The lowest BCUT2D eigenvalue weighted by Gasteiger charge is -2.41. The van der Waals surface area contributed by atoms with E-state index < -0.39 is 0 Å². The van der Waals surface area contributed by atoms with Gasteiger partial charge in [0.25, 0.3) is 5.91 Å². The number of carbonyl (C=O) groups excluding carboxylic acids is 1. The molecule has 3 aliphatic rings. The van der Waals surface area contributed by atoms with Crippen molar-refractivity contribution in [3.05, 3.63) is 30.2 Å². The second-order valence-corrected chi connectivity index (χ2v) is 9.06. The summed E-state index contributed by atoms with van der Waals surface area (Å²) < 4.78 is 23.0. The van der Waals surface area contributed by atoms with Crippen molar-refractivity contribution in [2.24, 2.45) is 5.92 Å². The molecule has 5 heterocycles. The number of rotatable bonds is 6. The van der Waals surface area contributed by atoms with Gasteiger partial charge in [-0.25, -0.2) is 9.97 Å². The van der Waals surface area contributed by atoms with Crippen molar-refractivity contribution in [1.82, 2.24) is 24.8 Å². The van der Waals surface area contributed by atoms with Gasteiger partial charge in [-0.15, -0.1) is 0 Å². The minimum atomic E-state index is -0.110. The summed E-state index contributed by atoms with van der Waals surface area (Å²) >= 11 is 0. The summed E-state index contributed by atoms with van der Waals surface area (Å²) in [6.45, 7) is 6.47. The lowest BCUT2D eigenvalue weighted by atomic mass is 9.98. The van der Waals surface area contributed by atoms with Gasteiger partial charge in [0, 0.05) is 69.8 Å². The molecule has 11 heteroatoms. The molecule has 192 valence electrons. The number of hydrogen-bond donors (Lipinski definition) is 2. The van der Waals surface area contributed by atoms with E-state index in [0.717, 1.165) is 36.2 Å². The average Bonchev–Trinajstić information content (AvgIpc) is 3.27. The largest absolute Gasteiger partial charge is 0.493 e. The smallest absolute Gasteiger partial charge is 0.260 e. The molecule has 0 aliphatic carbocycles. The zero-order valence-electron chi connectivity index (χ0n) is 20.9. The van der Waals surface area contributed by atoms with E-state index >= 15 is 0 Å². The number of benzene rings is 1. The van der Waals surface area contributed by atoms with Gasteiger partial charge >= 0.3 is 0 Å². The number of aromatic amines is 1. The first-order valence-corrected chi connectivity index (χ1v) is 12.1. The van der Waals surface area contributed by atoms with E-state index in [4.69, 9.17) is 18.9 Å². The van der Waals surface area contributed by atoms with E-state index in [2.05, 4.69) is 25.2 Å². The number of nitrogens with zero attached hydrogens (tertiary/aromatic N) is 4. The van der Waals surface area contributed by atoms with Crippen molar-refractivity contribution in [2.45, 2.75) is 13.5 Å². The maximum atomic E-state index is 12.8. The SMILES string of the molecule is CCOCCOc1c(OC)cc2cc1OCC(=O)N(C)CC1CN(Cc3c[nH]c4ncnc(c34)N2)C1. The summed E-state index contributed by atoms with van der Waals surface area (Å²) in [6, 6.07) is 3.61. The summed E-state index contributed by atoms with van der Waals surface area (Å²) in [4.78, 5) is 29.1. The second kappa shape index (κ2) is 10.6. The zero-order valence-corrected chi connectivity index (χ0v) is 20.9. The molecule has 0 spiro atoms. The molecule has 36 heavy (non-hydrogen) atoms. The van der Waals surface area contributed by atoms with Gasteiger partial charge in [-0.1, -0.05) is 0 Å². The van der Waals surface area contributed by atoms with Crippen molar-refractivity contribution >= 4 is 28.4 Å². The Morgan fingerprint density at radius 2 is 2.06 bits per heavy atom. The molecule has 1 aromatic carbocycles. The van der Waals surface area contributed by atoms with Crippen LogP contribution in [0.4, 0.5) is 11.5 Å². The van der Waals surface area contributed by atoms with E-state index in [-0.39, 0.29) is 12.5 Å². The molecular weight excluding hydrogens is 464 g/mol. The van der Waals surface area contributed by atoms with Gasteiger partial charge < -0.3 is 34.1 Å². The second-order valence-electron chi connectivity index (χ2n) is 9.06. The summed E-state index contributed by atoms with van der Waals surface area (Å²) in [5.74, 6) is 2.30. The fourth-order valence-corrected chi connectivity index (χ4v) is 4.68. The van der Waals surface area contributed by atoms with Gasteiger partial charge in [-0.05, 0) is 12.5 Å². The van der Waals surface area contributed by atoms with E-state index in [9.17, 15) is 4.79 Å². The Kier molecular flexibility index (Phi) is 7.10. The molecule has 0 unspecified atom stereocenters. The first-order chi connectivity index (χ1) is 17.6. The summed E-state index contributed by atoms with van der Waals surface area (Å²) in [5, 5.41) is 4.34. The minimum Gasteiger partial charge on any atom is -0.493 e. The van der Waals surface area contributed by atoms with Gasteiger partial charge in [0.15, 0.2) is 18.1 Å². The number of aromatic nitrogens is 3. The predicted molar refractivity (Wildman–Crippen MR) is 134 cm³/mol. The number of amides is 1. The maximum absolute atomic E-state index is 12.8. The molecule has 3 aromatic rings. The lowest BCUT2D eigenvalue weighted by Crippen LogP contribution is -2.51. The standard InChI is InChI=1S/C25H32N6O5/c1-4-34-5-6-35-23-19(33-3)7-18-8-20(23)36-14-21(32)30(2)10-16-11-31(12-16)13-17-9-26-24-22(17)25(29-18)28-15-27-24/h7-9,15-16H,4-6,10-14H2,1-3H3,(H2,26,27,28,29). The Labute approximate surface area is 209 Å². The average molecular weight is 497 g/mol. The molecule has 6 rings (SSSR count). The van der Waals surface area contributed by atoms with E-state index in [0.29, 0.717) is 61.0 Å². The number of H-pyrrole nitrogens is 1. The molecule has 1 amide bonds. The molecule has 0 saturated carbocycles. The molecule has 1 saturated heterocycles. The van der Waals surface area contributed by atoms with Crippen LogP contribution in [0.2, 0.25) is 0 Å². The first kappa shape index (κ1) is 24.1. The Balaban J connectivity index is 1.53. The van der Waals surface area contributed by atoms with E-state index in [1.54, 1.807) is 18.1 Å². The topological polar surface area (TPSA) is 114 Å². The molecule has 3 aliphatic heterocycles. The quantitative estimate of drug-likeness (QED) is 0.497. The molecule has 0 radical (unpaired) electrons. The predicted octanol–water partition coefficient (Wildman–Crippen LogP) is 2.41. The van der Waals surface area contributed by atoms with Crippen LogP contribution in [0.1, 0.15) is 12.5 Å². The molecule has 1 fully saturated rings. The molecule has 11 nitrogen and oxygen atoms in total. The van der Waals surface area contributed by atoms with Crippen LogP contribution in [0.15, 0.2) is 24.7 Å². The van der Waals surface area contributed by atoms with Crippen molar-refractivity contribution in [3.63, 3.8) is 0 Å². The third-order valence-corrected chi connectivity index (χ3v) is 6.47. The highest BCUT2D eigenvalue weighted by Crippen LogP contribution is 2.42. The molecule has 2 aromatic heterocycles. The van der Waals surface area contributed by atoms with Crippen LogP contribution >= 0.6 is 0 Å². The number of methoxy groups -OCH3 is 1. The normalized spacial score (nSPS) is 19.9. The zero-order chi connectivity index (χ0) is 25.1. The van der Waals surface area contributed by atoms with Crippen LogP contribution in [0.25, 0.3) is 11.0 Å². The van der Waals surface area contributed by atoms with E-state index in [1.165, 1.54) is 6.33 Å². The van der Waals surface area contributed by atoms with Crippen molar-refractivity contribution < 1.29 is 23.7 Å². The number of anilines is 2. The first-order valence-electron chi connectivity index (χ1n) is 12.1. The highest BCUT2D eigenvalue weighted by atomic mass is 16.6. The fraction of sp³-hybridized carbons (Fsp3) is 0.480. The van der Waals surface area contributed by atoms with Crippen LogP contribution in [0.3, 0.4) is 0 Å². The van der Waals surface area contributed by atoms with Crippen LogP contribution in [0.5, 0.6) is 17.2 Å². The van der Waals surface area contributed by atoms with Gasteiger partial charge in [0.2, 0.25) is 5.75 Å². The molecule has 4 bridgehead atoms. The summed E-state index contributed by atoms with van der Waals surface area (Å²) in [7, 11) is 3.38. The van der Waals surface area contributed by atoms with Gasteiger partial charge in [-0.3, -0.25) is 9.69 Å². The number of fused-ring (bicyclic) bond motifs is 4. The lowest BCUT2D eigenvalue weighted by molar-refractivity contribution is -0.133. The van der Waals surface area contributed by atoms with Gasteiger partial charge in [0.05, 0.1) is 19.1 Å². The molecule has 2 N–H and O–H groups in total. The third-order valence-electron chi connectivity index (χ3n) is 6.47. The Morgan fingerprint density at radius 1 is 1.19 bits per heavy atom. The van der Waals surface area contributed by atoms with Gasteiger partial charge in [0.1, 0.15) is 24.4 Å². The summed E-state index contributed by atoms with van der Waals surface area (Å²) in [6.07, 6.45) is 3.51. The number of carbonyl (C=O) groups is 1. The maximum Gasteiger partial charge on any atom is 0.260 e. The fourth-order valence-electron chi connectivity index (χ4n) is 4.68. The van der Waals surface area contributed by atoms with Gasteiger partial charge in [-0.2, -0.15) is 0 Å². The molecular formula is C25H32N6O5. The third kappa shape index (κ3) is 5.02. The van der Waals surface area contributed by atoms with Crippen molar-refractivity contribution in [2.75, 3.05) is 65.5 Å². The Morgan fingerprint density at radius 3 is 2.86 bits per heavy atom. The summed E-state index contributed by atoms with van der Waals surface area (Å²) in [5.41, 5.74) is 2.57. The van der Waals surface area contributed by atoms with Crippen molar-refractivity contribution in [3.8, 4) is 17.2 Å². The highest BCUT2D eigenvalue weighted by Gasteiger charge is 2.30. The number of likely N-dealkylation sites (N-methyl/N-ethyl adjacent to an activating group) is 1. The highest BCUT2D eigenvalue weighted by molar-refractivity contribution is 5.92. The Bertz CT molecular complexity index is 1230. The Hall–Kier alpha value is -3.57. The van der Waals surface area contributed by atoms with Crippen LogP contribution < -0.4 is 19.5 Å².